The summed E-state index contributed by atoms with van der Waals surface area (Å²) in [6.45, 7) is 0. The zero-order chi connectivity index (χ0) is 16.3. The molecule has 2 heterocycles. The predicted octanol–water partition coefficient (Wildman–Crippen LogP) is 1.10. The quantitative estimate of drug-likeness (QED) is 0.879. The molecule has 0 bridgehead atoms. The van der Waals surface area contributed by atoms with Gasteiger partial charge in [0.2, 0.25) is 17.6 Å². The van der Waals surface area contributed by atoms with E-state index < -0.39 is 15.9 Å². The van der Waals surface area contributed by atoms with Gasteiger partial charge in [-0.15, -0.1) is 0 Å². The van der Waals surface area contributed by atoms with Gasteiger partial charge >= 0.3 is 0 Å². The molecule has 8 heteroatoms. The zero-order valence-electron chi connectivity index (χ0n) is 12.2. The first kappa shape index (κ1) is 15.4. The number of carbonyl (C=O) groups excluding carboxylic acids is 1. The third kappa shape index (κ3) is 4.04. The van der Waals surface area contributed by atoms with E-state index in [0.29, 0.717) is 18.1 Å². The minimum atomic E-state index is -3.17. The molecule has 0 saturated heterocycles. The van der Waals surface area contributed by atoms with Crippen molar-refractivity contribution >= 4 is 15.7 Å². The van der Waals surface area contributed by atoms with Gasteiger partial charge in [0.05, 0.1) is 11.8 Å². The molecule has 2 aromatic rings. The molecule has 23 heavy (non-hydrogen) atoms. The average Bonchev–Trinajstić information content (AvgIpc) is 3.13. The van der Waals surface area contributed by atoms with Crippen LogP contribution in [0.1, 0.15) is 12.3 Å². The number of nitrogens with zero attached hydrogens (tertiary/aromatic N) is 2. The van der Waals surface area contributed by atoms with E-state index in [1.807, 2.05) is 30.3 Å². The Bertz CT molecular complexity index is 827. The number of carbonyl (C=O) groups is 1. The Morgan fingerprint density at radius 1 is 1.30 bits per heavy atom. The topological polar surface area (TPSA) is 102 Å². The van der Waals surface area contributed by atoms with Crippen molar-refractivity contribution in [3.63, 3.8) is 0 Å². The summed E-state index contributed by atoms with van der Waals surface area (Å²) in [4.78, 5) is 16.1. The average molecular weight is 333 g/mol. The van der Waals surface area contributed by atoms with Crippen molar-refractivity contribution in [1.82, 2.24) is 15.5 Å². The molecule has 7 nitrogen and oxygen atoms in total. The molecule has 0 spiro atoms. The molecule has 1 aliphatic rings. The van der Waals surface area contributed by atoms with Crippen LogP contribution in [-0.4, -0.2) is 36.3 Å². The van der Waals surface area contributed by atoms with Crippen LogP contribution < -0.4 is 5.32 Å². The molecule has 1 aromatic carbocycles. The lowest BCUT2D eigenvalue weighted by Crippen LogP contribution is -2.35. The van der Waals surface area contributed by atoms with Crippen molar-refractivity contribution in [3.8, 4) is 11.4 Å². The highest BCUT2D eigenvalue weighted by atomic mass is 32.2. The Morgan fingerprint density at radius 2 is 2.09 bits per heavy atom. The lowest BCUT2D eigenvalue weighted by Gasteiger charge is -2.08. The number of aromatic nitrogens is 2. The van der Waals surface area contributed by atoms with Crippen molar-refractivity contribution in [2.75, 3.05) is 5.75 Å². The molecule has 1 aliphatic heterocycles. The molecule has 0 radical (unpaired) electrons. The van der Waals surface area contributed by atoms with Crippen molar-refractivity contribution in [2.45, 2.75) is 18.9 Å². The van der Waals surface area contributed by atoms with Crippen molar-refractivity contribution in [2.24, 2.45) is 0 Å². The van der Waals surface area contributed by atoms with Gasteiger partial charge in [0.25, 0.3) is 0 Å². The summed E-state index contributed by atoms with van der Waals surface area (Å²) < 4.78 is 27.7. The van der Waals surface area contributed by atoms with Crippen LogP contribution >= 0.6 is 0 Å². The first-order valence-corrected chi connectivity index (χ1v) is 8.82. The highest BCUT2D eigenvalue weighted by Gasteiger charge is 2.23. The summed E-state index contributed by atoms with van der Waals surface area (Å²) in [5.41, 5.74) is 0.841. The second-order valence-corrected chi connectivity index (χ2v) is 7.14. The Morgan fingerprint density at radius 3 is 2.78 bits per heavy atom. The fourth-order valence-electron chi connectivity index (χ4n) is 2.23. The summed E-state index contributed by atoms with van der Waals surface area (Å²) >= 11 is 0. The molecule has 0 fully saturated rings. The zero-order valence-corrected chi connectivity index (χ0v) is 13.0. The number of nitrogens with one attached hydrogen (secondary N) is 1. The summed E-state index contributed by atoms with van der Waals surface area (Å²) in [5, 5.41) is 7.65. The lowest BCUT2D eigenvalue weighted by molar-refractivity contribution is -0.121. The van der Waals surface area contributed by atoms with Crippen molar-refractivity contribution < 1.29 is 17.7 Å². The van der Waals surface area contributed by atoms with Crippen LogP contribution in [0, 0.1) is 0 Å². The number of sulfone groups is 1. The number of amides is 1. The van der Waals surface area contributed by atoms with Crippen LogP contribution in [0.25, 0.3) is 11.4 Å². The molecule has 1 atom stereocenters. The second-order valence-electron chi connectivity index (χ2n) is 5.21. The molecule has 0 saturated carbocycles. The van der Waals surface area contributed by atoms with E-state index in [-0.39, 0.29) is 18.1 Å². The third-order valence-electron chi connectivity index (χ3n) is 3.34. The van der Waals surface area contributed by atoms with Crippen molar-refractivity contribution in [1.29, 1.82) is 0 Å². The van der Waals surface area contributed by atoms with Gasteiger partial charge in [-0.3, -0.25) is 4.79 Å². The first-order valence-electron chi connectivity index (χ1n) is 7.10. The van der Waals surface area contributed by atoms with Crippen LogP contribution in [0.2, 0.25) is 0 Å². The molecule has 3 rings (SSSR count). The molecular weight excluding hydrogens is 318 g/mol. The Labute approximate surface area is 133 Å². The van der Waals surface area contributed by atoms with E-state index in [0.717, 1.165) is 11.0 Å². The monoisotopic (exact) mass is 333 g/mol. The predicted molar refractivity (Wildman–Crippen MR) is 82.9 cm³/mol. The van der Waals surface area contributed by atoms with Crippen LogP contribution in [0.3, 0.4) is 0 Å². The number of aryl methyl sites for hydroxylation is 1. The van der Waals surface area contributed by atoms with E-state index in [2.05, 4.69) is 15.5 Å². The van der Waals surface area contributed by atoms with Gasteiger partial charge in [-0.25, -0.2) is 8.42 Å². The minimum absolute atomic E-state index is 0.0859. The molecule has 0 aliphatic carbocycles. The van der Waals surface area contributed by atoms with Crippen molar-refractivity contribution in [3.05, 3.63) is 47.7 Å². The van der Waals surface area contributed by atoms with Gasteiger partial charge in [0.1, 0.15) is 0 Å². The number of hydrogen-bond acceptors (Lipinski definition) is 6. The summed E-state index contributed by atoms with van der Waals surface area (Å²) in [6.07, 6.45) is 1.93. The van der Waals surface area contributed by atoms with Gasteiger partial charge in [0.15, 0.2) is 9.84 Å². The molecule has 1 N–H and O–H groups in total. The Balaban J connectivity index is 1.52. The standard InChI is InChI=1S/C15H15N3O4S/c19-13(16-12-8-9-23(20,21)10-12)6-7-14-17-15(18-22-14)11-4-2-1-3-5-11/h1-5,8-9,12H,6-7,10H2,(H,16,19). The summed E-state index contributed by atoms with van der Waals surface area (Å²) in [5.74, 6) is 0.507. The van der Waals surface area contributed by atoms with Gasteiger partial charge < -0.3 is 9.84 Å². The van der Waals surface area contributed by atoms with E-state index in [4.69, 9.17) is 4.52 Å². The van der Waals surface area contributed by atoms with Crippen LogP contribution in [-0.2, 0) is 21.1 Å². The molecule has 120 valence electrons. The van der Waals surface area contributed by atoms with E-state index >= 15 is 0 Å². The normalized spacial score (nSPS) is 18.9. The molecule has 1 unspecified atom stereocenters. The molecule has 1 aromatic heterocycles. The van der Waals surface area contributed by atoms with E-state index in [1.165, 1.54) is 6.08 Å². The maximum Gasteiger partial charge on any atom is 0.227 e. The third-order valence-corrected chi connectivity index (χ3v) is 4.74. The number of rotatable bonds is 5. The Kier molecular flexibility index (Phi) is 4.24. The first-order chi connectivity index (χ1) is 11.0. The highest BCUT2D eigenvalue weighted by molar-refractivity contribution is 7.94. The Hall–Kier alpha value is -2.48. The lowest BCUT2D eigenvalue weighted by atomic mass is 10.2. The van der Waals surface area contributed by atoms with Gasteiger partial charge in [-0.05, 0) is 6.08 Å². The second kappa shape index (κ2) is 6.33. The minimum Gasteiger partial charge on any atom is -0.349 e. The molecular formula is C15H15N3O4S. The molecule has 1 amide bonds. The van der Waals surface area contributed by atoms with Gasteiger partial charge in [-0.1, -0.05) is 35.5 Å². The van der Waals surface area contributed by atoms with Gasteiger partial charge in [0, 0.05) is 23.8 Å². The number of benzene rings is 1. The maximum absolute atomic E-state index is 11.8. The maximum atomic E-state index is 11.8. The summed E-state index contributed by atoms with van der Waals surface area (Å²) in [7, 11) is -3.17. The number of hydrogen-bond donors (Lipinski definition) is 1. The fraction of sp³-hybridized carbons (Fsp3) is 0.267. The van der Waals surface area contributed by atoms with Crippen LogP contribution in [0.4, 0.5) is 0 Å². The van der Waals surface area contributed by atoms with Crippen LogP contribution in [0.5, 0.6) is 0 Å². The van der Waals surface area contributed by atoms with E-state index in [9.17, 15) is 13.2 Å². The SMILES string of the molecule is O=C(CCc1nc(-c2ccccc2)no1)NC1C=CS(=O)(=O)C1. The summed E-state index contributed by atoms with van der Waals surface area (Å²) in [6, 6.07) is 8.92. The smallest absolute Gasteiger partial charge is 0.227 e. The highest BCUT2D eigenvalue weighted by Crippen LogP contribution is 2.15. The van der Waals surface area contributed by atoms with Crippen LogP contribution in [0.15, 0.2) is 46.3 Å². The fourth-order valence-corrected chi connectivity index (χ4v) is 3.46. The van der Waals surface area contributed by atoms with E-state index in [1.54, 1.807) is 0 Å². The van der Waals surface area contributed by atoms with Gasteiger partial charge in [-0.2, -0.15) is 4.98 Å². The largest absolute Gasteiger partial charge is 0.349 e.